The lowest BCUT2D eigenvalue weighted by Crippen LogP contribution is -2.33. The number of allylic oxidation sites excluding steroid dienone is 2. The fraction of sp³-hybridized carbons (Fsp3) is 0.412. The Hall–Kier alpha value is -1.55. The zero-order chi connectivity index (χ0) is 15.5. The predicted octanol–water partition coefficient (Wildman–Crippen LogP) is 3.61. The van der Waals surface area contributed by atoms with Crippen LogP contribution in [-0.4, -0.2) is 26.4 Å². The molecular formula is C17H23NO2S. The Kier molecular flexibility index (Phi) is 4.88. The van der Waals surface area contributed by atoms with Crippen molar-refractivity contribution in [2.75, 3.05) is 13.1 Å². The van der Waals surface area contributed by atoms with E-state index in [4.69, 9.17) is 0 Å². The number of nitrogens with zero attached hydrogens (tertiary/aromatic N) is 1. The molecule has 3 nitrogen and oxygen atoms in total. The molecule has 0 saturated heterocycles. The van der Waals surface area contributed by atoms with Gasteiger partial charge in [-0.25, -0.2) is 8.42 Å². The van der Waals surface area contributed by atoms with Crippen molar-refractivity contribution in [1.82, 2.24) is 4.90 Å². The van der Waals surface area contributed by atoms with Gasteiger partial charge in [-0.2, -0.15) is 0 Å². The van der Waals surface area contributed by atoms with Crippen LogP contribution in [0.1, 0.15) is 27.2 Å². The molecule has 0 spiro atoms. The Morgan fingerprint density at radius 2 is 1.81 bits per heavy atom. The van der Waals surface area contributed by atoms with E-state index in [-0.39, 0.29) is 5.92 Å². The van der Waals surface area contributed by atoms with Gasteiger partial charge in [0.1, 0.15) is 0 Å². The number of hydrogen-bond donors (Lipinski definition) is 0. The summed E-state index contributed by atoms with van der Waals surface area (Å²) in [7, 11) is -3.33. The zero-order valence-corrected chi connectivity index (χ0v) is 13.7. The molecule has 0 fully saturated rings. The van der Waals surface area contributed by atoms with Crippen LogP contribution in [-0.2, 0) is 9.84 Å². The highest BCUT2D eigenvalue weighted by atomic mass is 32.2. The van der Waals surface area contributed by atoms with E-state index in [0.29, 0.717) is 4.90 Å². The van der Waals surface area contributed by atoms with Gasteiger partial charge >= 0.3 is 0 Å². The minimum absolute atomic E-state index is 0.225. The summed E-state index contributed by atoms with van der Waals surface area (Å²) in [5.41, 5.74) is 2.66. The first-order valence-electron chi connectivity index (χ1n) is 7.42. The number of hydrogen-bond acceptors (Lipinski definition) is 3. The van der Waals surface area contributed by atoms with Gasteiger partial charge in [0.2, 0.25) is 0 Å². The van der Waals surface area contributed by atoms with Gasteiger partial charge in [0.05, 0.1) is 4.90 Å². The Bertz CT molecular complexity index is 641. The minimum atomic E-state index is -3.33. The highest BCUT2D eigenvalue weighted by molar-refractivity contribution is 7.94. The lowest BCUT2D eigenvalue weighted by atomic mass is 9.82. The highest BCUT2D eigenvalue weighted by Gasteiger charge is 2.28. The third-order valence-corrected chi connectivity index (χ3v) is 5.43. The van der Waals surface area contributed by atoms with Gasteiger partial charge in [0.25, 0.3) is 0 Å². The minimum Gasteiger partial charge on any atom is -0.375 e. The first-order chi connectivity index (χ1) is 9.99. The summed E-state index contributed by atoms with van der Waals surface area (Å²) >= 11 is 0. The molecule has 4 heteroatoms. The van der Waals surface area contributed by atoms with Crippen LogP contribution in [0, 0.1) is 5.92 Å². The lowest BCUT2D eigenvalue weighted by molar-refractivity contribution is 0.314. The van der Waals surface area contributed by atoms with E-state index in [1.807, 2.05) is 12.1 Å². The Morgan fingerprint density at radius 3 is 2.33 bits per heavy atom. The smallest absolute Gasteiger partial charge is 0.199 e. The summed E-state index contributed by atoms with van der Waals surface area (Å²) in [6, 6.07) is 8.57. The molecule has 1 unspecified atom stereocenters. The summed E-state index contributed by atoms with van der Waals surface area (Å²) in [5, 5.41) is 1.36. The Morgan fingerprint density at radius 1 is 1.19 bits per heavy atom. The third-order valence-electron chi connectivity index (χ3n) is 3.98. The van der Waals surface area contributed by atoms with Crippen molar-refractivity contribution < 1.29 is 8.42 Å². The van der Waals surface area contributed by atoms with Crippen molar-refractivity contribution in [3.8, 4) is 0 Å². The van der Waals surface area contributed by atoms with Gasteiger partial charge < -0.3 is 4.90 Å². The molecule has 0 radical (unpaired) electrons. The standard InChI is InChI=1S/C17H23NO2S/c1-4-18(5-2)17-14(3)13-15(17)11-12-21(19,20)16-9-7-6-8-10-16/h6-12,15H,4-5,13H2,1-3H3/b12-11+. The molecule has 0 amide bonds. The molecule has 1 aliphatic carbocycles. The topological polar surface area (TPSA) is 37.4 Å². The van der Waals surface area contributed by atoms with Gasteiger partial charge in [-0.1, -0.05) is 29.8 Å². The van der Waals surface area contributed by atoms with E-state index in [9.17, 15) is 8.42 Å². The molecule has 21 heavy (non-hydrogen) atoms. The normalized spacial score (nSPS) is 18.9. The van der Waals surface area contributed by atoms with Crippen molar-refractivity contribution in [3.63, 3.8) is 0 Å². The summed E-state index contributed by atoms with van der Waals surface area (Å²) < 4.78 is 24.5. The summed E-state index contributed by atoms with van der Waals surface area (Å²) in [5.74, 6) is 0.225. The zero-order valence-electron chi connectivity index (χ0n) is 12.9. The number of rotatable bonds is 6. The van der Waals surface area contributed by atoms with Crippen LogP contribution in [0.15, 0.2) is 58.0 Å². The molecule has 1 aromatic carbocycles. The maximum Gasteiger partial charge on any atom is 0.199 e. The SMILES string of the molecule is CCN(CC)C1=C(C)CC1/C=C/S(=O)(=O)c1ccccc1. The second-order valence-electron chi connectivity index (χ2n) is 5.34. The molecule has 1 aliphatic rings. The van der Waals surface area contributed by atoms with Crippen molar-refractivity contribution in [3.05, 3.63) is 53.1 Å². The van der Waals surface area contributed by atoms with Gasteiger partial charge in [0, 0.05) is 30.1 Å². The van der Waals surface area contributed by atoms with Crippen LogP contribution < -0.4 is 0 Å². The lowest BCUT2D eigenvalue weighted by Gasteiger charge is -2.38. The average Bonchev–Trinajstić information content (AvgIpc) is 2.49. The van der Waals surface area contributed by atoms with E-state index in [2.05, 4.69) is 25.7 Å². The Labute approximate surface area is 127 Å². The van der Waals surface area contributed by atoms with Crippen LogP contribution in [0.4, 0.5) is 0 Å². The van der Waals surface area contributed by atoms with E-state index in [1.54, 1.807) is 24.3 Å². The van der Waals surface area contributed by atoms with E-state index in [0.717, 1.165) is 19.5 Å². The fourth-order valence-electron chi connectivity index (χ4n) is 2.83. The molecule has 0 N–H and O–H groups in total. The first-order valence-corrected chi connectivity index (χ1v) is 8.97. The molecule has 2 rings (SSSR count). The molecule has 0 heterocycles. The summed E-state index contributed by atoms with van der Waals surface area (Å²) in [4.78, 5) is 2.66. The third kappa shape index (κ3) is 3.38. The molecule has 114 valence electrons. The van der Waals surface area contributed by atoms with Gasteiger partial charge in [-0.15, -0.1) is 0 Å². The van der Waals surface area contributed by atoms with Crippen LogP contribution in [0.3, 0.4) is 0 Å². The predicted molar refractivity (Wildman–Crippen MR) is 86.5 cm³/mol. The van der Waals surface area contributed by atoms with Crippen LogP contribution in [0.5, 0.6) is 0 Å². The van der Waals surface area contributed by atoms with Gasteiger partial charge in [-0.05, 0) is 39.3 Å². The Balaban J connectivity index is 2.16. The second kappa shape index (κ2) is 6.48. The van der Waals surface area contributed by atoms with Crippen LogP contribution in [0.2, 0.25) is 0 Å². The van der Waals surface area contributed by atoms with Crippen molar-refractivity contribution in [2.45, 2.75) is 32.1 Å². The second-order valence-corrected chi connectivity index (χ2v) is 7.17. The molecule has 1 aromatic rings. The number of benzene rings is 1. The number of sulfone groups is 1. The first kappa shape index (κ1) is 15.8. The van der Waals surface area contributed by atoms with Crippen molar-refractivity contribution in [2.24, 2.45) is 5.92 Å². The summed E-state index contributed by atoms with van der Waals surface area (Å²) in [6.45, 7) is 8.30. The molecule has 0 saturated carbocycles. The quantitative estimate of drug-likeness (QED) is 0.805. The van der Waals surface area contributed by atoms with E-state index >= 15 is 0 Å². The van der Waals surface area contributed by atoms with Crippen molar-refractivity contribution >= 4 is 9.84 Å². The largest absolute Gasteiger partial charge is 0.375 e. The molecule has 0 aromatic heterocycles. The molecule has 0 aliphatic heterocycles. The van der Waals surface area contributed by atoms with Crippen LogP contribution >= 0.6 is 0 Å². The van der Waals surface area contributed by atoms with E-state index in [1.165, 1.54) is 16.7 Å². The van der Waals surface area contributed by atoms with Crippen LogP contribution in [0.25, 0.3) is 0 Å². The average molecular weight is 305 g/mol. The summed E-state index contributed by atoms with van der Waals surface area (Å²) in [6.07, 6.45) is 2.79. The van der Waals surface area contributed by atoms with Crippen molar-refractivity contribution in [1.29, 1.82) is 0 Å². The molecule has 1 atom stereocenters. The maximum atomic E-state index is 12.3. The van der Waals surface area contributed by atoms with Gasteiger partial charge in [0.15, 0.2) is 9.84 Å². The van der Waals surface area contributed by atoms with E-state index < -0.39 is 9.84 Å². The molecule has 0 bridgehead atoms. The van der Waals surface area contributed by atoms with Gasteiger partial charge in [-0.3, -0.25) is 0 Å². The fourth-order valence-corrected chi connectivity index (χ4v) is 3.92. The monoisotopic (exact) mass is 305 g/mol. The molecular weight excluding hydrogens is 282 g/mol. The highest BCUT2D eigenvalue weighted by Crippen LogP contribution is 2.37. The maximum absolute atomic E-state index is 12.3.